The van der Waals surface area contributed by atoms with Crippen LogP contribution in [0.15, 0.2) is 24.4 Å². The number of amides is 2. The van der Waals surface area contributed by atoms with Gasteiger partial charge in [-0.1, -0.05) is 11.6 Å². The fourth-order valence-electron chi connectivity index (χ4n) is 2.81. The van der Waals surface area contributed by atoms with Crippen LogP contribution in [-0.4, -0.2) is 24.1 Å². The smallest absolute Gasteiger partial charge is 0.407 e. The number of carbonyl (C=O) groups is 2. The van der Waals surface area contributed by atoms with Crippen molar-refractivity contribution in [3.8, 4) is 0 Å². The maximum absolute atomic E-state index is 13.2. The number of rotatable bonds is 3. The minimum Gasteiger partial charge on any atom is -0.453 e. The molecule has 1 unspecified atom stereocenters. The van der Waals surface area contributed by atoms with E-state index in [1.54, 1.807) is 6.20 Å². The van der Waals surface area contributed by atoms with Crippen molar-refractivity contribution in [1.82, 2.24) is 10.3 Å². The lowest BCUT2D eigenvalue weighted by Crippen LogP contribution is -2.26. The Morgan fingerprint density at radius 3 is 2.92 bits per heavy atom. The molecule has 0 fully saturated rings. The summed E-state index contributed by atoms with van der Waals surface area (Å²) in [6, 6.07) is 3.78. The molecule has 3 N–H and O–H groups in total. The van der Waals surface area contributed by atoms with E-state index in [1.807, 2.05) is 0 Å². The van der Waals surface area contributed by atoms with Crippen LogP contribution in [0.2, 0.25) is 5.02 Å². The van der Waals surface area contributed by atoms with Crippen LogP contribution in [0.1, 0.15) is 34.1 Å². The number of hydrogen-bond donors (Lipinski definition) is 3. The molecular weight excluding hydrogens is 337 g/mol. The third kappa shape index (κ3) is 3.07. The molecule has 3 rings (SSSR count). The molecule has 0 saturated heterocycles. The minimum atomic E-state index is -0.549. The van der Waals surface area contributed by atoms with Crippen molar-refractivity contribution in [2.24, 2.45) is 0 Å². The largest absolute Gasteiger partial charge is 0.453 e. The van der Waals surface area contributed by atoms with Crippen LogP contribution in [0.4, 0.5) is 14.9 Å². The van der Waals surface area contributed by atoms with Gasteiger partial charge in [-0.2, -0.15) is 0 Å². The lowest BCUT2D eigenvalue weighted by molar-refractivity contribution is 0.102. The second-order valence-electron chi connectivity index (χ2n) is 5.41. The predicted octanol–water partition coefficient (Wildman–Crippen LogP) is 3.40. The number of carbonyl (C=O) groups excluding carboxylic acids is 2. The summed E-state index contributed by atoms with van der Waals surface area (Å²) in [5.41, 5.74) is 2.53. The van der Waals surface area contributed by atoms with Crippen LogP contribution in [-0.2, 0) is 11.2 Å². The number of fused-ring (bicyclic) bond motifs is 1. The van der Waals surface area contributed by atoms with Crippen molar-refractivity contribution in [2.45, 2.75) is 18.9 Å². The number of methoxy groups -OCH3 is 1. The molecule has 8 heteroatoms. The number of ether oxygens (including phenoxy) is 1. The number of nitrogens with one attached hydrogen (secondary N) is 3. The summed E-state index contributed by atoms with van der Waals surface area (Å²) in [6.07, 6.45) is 2.54. The van der Waals surface area contributed by atoms with Gasteiger partial charge in [0.15, 0.2) is 0 Å². The third-order valence-electron chi connectivity index (χ3n) is 3.96. The number of alkyl carbamates (subject to hydrolysis) is 1. The van der Waals surface area contributed by atoms with Gasteiger partial charge in [0.2, 0.25) is 0 Å². The molecule has 0 spiro atoms. The van der Waals surface area contributed by atoms with Gasteiger partial charge in [0.1, 0.15) is 11.5 Å². The van der Waals surface area contributed by atoms with Crippen molar-refractivity contribution in [3.05, 3.63) is 52.1 Å². The highest BCUT2D eigenvalue weighted by molar-refractivity contribution is 6.31. The summed E-state index contributed by atoms with van der Waals surface area (Å²) in [5.74, 6) is -0.898. The van der Waals surface area contributed by atoms with Gasteiger partial charge >= 0.3 is 6.09 Å². The van der Waals surface area contributed by atoms with E-state index in [4.69, 9.17) is 11.6 Å². The zero-order valence-corrected chi connectivity index (χ0v) is 13.5. The Hall–Kier alpha value is -2.54. The lowest BCUT2D eigenvalue weighted by Gasteiger charge is -2.10. The highest BCUT2D eigenvalue weighted by atomic mass is 35.5. The number of aromatic amines is 1. The fraction of sp³-hybridized carbons (Fsp3) is 0.250. The first-order valence-corrected chi connectivity index (χ1v) is 7.68. The highest BCUT2D eigenvalue weighted by Crippen LogP contribution is 2.33. The van der Waals surface area contributed by atoms with Crippen LogP contribution in [0, 0.1) is 5.82 Å². The minimum absolute atomic E-state index is 0.0631. The fourth-order valence-corrected chi connectivity index (χ4v) is 2.99. The van der Waals surface area contributed by atoms with Crippen molar-refractivity contribution < 1.29 is 18.7 Å². The summed E-state index contributed by atoms with van der Waals surface area (Å²) >= 11 is 5.71. The topological polar surface area (TPSA) is 83.2 Å². The molecule has 1 atom stereocenters. The molecule has 1 aliphatic rings. The van der Waals surface area contributed by atoms with Gasteiger partial charge in [-0.05, 0) is 42.2 Å². The number of H-pyrrole nitrogens is 1. The highest BCUT2D eigenvalue weighted by Gasteiger charge is 2.30. The first kappa shape index (κ1) is 16.3. The molecule has 2 aromatic rings. The molecular formula is C16H15ClFN3O3. The molecule has 24 heavy (non-hydrogen) atoms. The summed E-state index contributed by atoms with van der Waals surface area (Å²) in [7, 11) is 1.30. The van der Waals surface area contributed by atoms with E-state index in [-0.39, 0.29) is 17.0 Å². The Morgan fingerprint density at radius 1 is 1.42 bits per heavy atom. The number of anilines is 1. The first-order chi connectivity index (χ1) is 11.5. The molecule has 0 aliphatic heterocycles. The predicted molar refractivity (Wildman–Crippen MR) is 86.8 cm³/mol. The Labute approximate surface area is 142 Å². The molecule has 0 bridgehead atoms. The maximum atomic E-state index is 13.2. The Morgan fingerprint density at radius 2 is 2.21 bits per heavy atom. The van der Waals surface area contributed by atoms with E-state index in [9.17, 15) is 14.0 Å². The average molecular weight is 352 g/mol. The average Bonchev–Trinajstić information content (AvgIpc) is 3.13. The van der Waals surface area contributed by atoms with Gasteiger partial charge in [-0.3, -0.25) is 4.79 Å². The van der Waals surface area contributed by atoms with E-state index in [0.717, 1.165) is 11.1 Å². The molecule has 2 amide bonds. The Kier molecular flexibility index (Phi) is 4.44. The molecule has 126 valence electrons. The van der Waals surface area contributed by atoms with Crippen molar-refractivity contribution in [1.29, 1.82) is 0 Å². The molecule has 6 nitrogen and oxygen atoms in total. The van der Waals surface area contributed by atoms with Crippen LogP contribution in [0.3, 0.4) is 0 Å². The number of aromatic nitrogens is 1. The normalized spacial score (nSPS) is 15.7. The summed E-state index contributed by atoms with van der Waals surface area (Å²) < 4.78 is 17.8. The summed E-state index contributed by atoms with van der Waals surface area (Å²) in [4.78, 5) is 26.7. The number of benzene rings is 1. The third-order valence-corrected chi connectivity index (χ3v) is 4.25. The molecule has 0 radical (unpaired) electrons. The molecule has 0 saturated carbocycles. The second kappa shape index (κ2) is 6.52. The molecule has 1 aromatic heterocycles. The zero-order valence-electron chi connectivity index (χ0n) is 12.8. The van der Waals surface area contributed by atoms with E-state index >= 15 is 0 Å². The van der Waals surface area contributed by atoms with Gasteiger partial charge in [0, 0.05) is 11.9 Å². The van der Waals surface area contributed by atoms with Crippen LogP contribution in [0.25, 0.3) is 0 Å². The Bertz CT molecular complexity index is 806. The van der Waals surface area contributed by atoms with Crippen LogP contribution in [0.5, 0.6) is 0 Å². The van der Waals surface area contributed by atoms with Crippen LogP contribution < -0.4 is 10.6 Å². The molecule has 1 heterocycles. The SMILES string of the molecule is COC(=O)NC1CCc2c1c[nH]c2C(=O)Nc1ccc(F)c(Cl)c1. The summed E-state index contributed by atoms with van der Waals surface area (Å²) in [6.45, 7) is 0. The van der Waals surface area contributed by atoms with Gasteiger partial charge < -0.3 is 20.4 Å². The lowest BCUT2D eigenvalue weighted by atomic mass is 10.1. The van der Waals surface area contributed by atoms with Gasteiger partial charge in [0.25, 0.3) is 5.91 Å². The molecule has 1 aromatic carbocycles. The van der Waals surface area contributed by atoms with Gasteiger partial charge in [-0.15, -0.1) is 0 Å². The second-order valence-corrected chi connectivity index (χ2v) is 5.81. The first-order valence-electron chi connectivity index (χ1n) is 7.30. The molecule has 1 aliphatic carbocycles. The van der Waals surface area contributed by atoms with Crippen molar-refractivity contribution >= 4 is 29.3 Å². The number of halogens is 2. The maximum Gasteiger partial charge on any atom is 0.407 e. The van der Waals surface area contributed by atoms with Crippen molar-refractivity contribution in [2.75, 3.05) is 12.4 Å². The monoisotopic (exact) mass is 351 g/mol. The van der Waals surface area contributed by atoms with E-state index in [0.29, 0.717) is 24.2 Å². The van der Waals surface area contributed by atoms with E-state index < -0.39 is 11.9 Å². The summed E-state index contributed by atoms with van der Waals surface area (Å²) in [5, 5.41) is 5.34. The number of hydrogen-bond acceptors (Lipinski definition) is 3. The zero-order chi connectivity index (χ0) is 17.3. The quantitative estimate of drug-likeness (QED) is 0.792. The standard InChI is InChI=1S/C16H15ClFN3O3/c1-24-16(23)21-13-5-3-9-10(13)7-19-14(9)15(22)20-8-2-4-12(18)11(17)6-8/h2,4,6-7,13,19H,3,5H2,1H3,(H,20,22)(H,21,23). The van der Waals surface area contributed by atoms with Gasteiger partial charge in [0.05, 0.1) is 18.2 Å². The van der Waals surface area contributed by atoms with Crippen LogP contribution >= 0.6 is 11.6 Å². The van der Waals surface area contributed by atoms with E-state index in [2.05, 4.69) is 20.4 Å². The van der Waals surface area contributed by atoms with Gasteiger partial charge in [-0.25, -0.2) is 9.18 Å². The van der Waals surface area contributed by atoms with Crippen molar-refractivity contribution in [3.63, 3.8) is 0 Å². The Balaban J connectivity index is 1.76. The van der Waals surface area contributed by atoms with E-state index in [1.165, 1.54) is 25.3 Å².